The van der Waals surface area contributed by atoms with Crippen LogP contribution in [0, 0.1) is 0 Å². The molecule has 0 aliphatic heterocycles. The molecule has 24 heavy (non-hydrogen) atoms. The molecule has 0 spiro atoms. The number of amides is 1. The second kappa shape index (κ2) is 7.96. The van der Waals surface area contributed by atoms with Gasteiger partial charge in [-0.2, -0.15) is 13.2 Å². The maximum Gasteiger partial charge on any atom is 0.416 e. The van der Waals surface area contributed by atoms with Crippen molar-refractivity contribution in [2.75, 3.05) is 6.54 Å². The van der Waals surface area contributed by atoms with Crippen LogP contribution in [0.3, 0.4) is 0 Å². The molecule has 1 heterocycles. The first-order valence-corrected chi connectivity index (χ1v) is 7.87. The van der Waals surface area contributed by atoms with Gasteiger partial charge in [0.2, 0.25) is 0 Å². The molecule has 8 heteroatoms. The molecule has 2 aromatic rings. The molecule has 0 fully saturated rings. The molecule has 0 saturated heterocycles. The lowest BCUT2D eigenvalue weighted by Crippen LogP contribution is -2.25. The van der Waals surface area contributed by atoms with Gasteiger partial charge in [0.25, 0.3) is 5.91 Å². The van der Waals surface area contributed by atoms with Crippen LogP contribution in [0.15, 0.2) is 41.8 Å². The summed E-state index contributed by atoms with van der Waals surface area (Å²) in [6.45, 7) is 0.0123. The van der Waals surface area contributed by atoms with Crippen molar-refractivity contribution >= 4 is 23.2 Å². The van der Waals surface area contributed by atoms with Crippen molar-refractivity contribution < 1.29 is 27.5 Å². The number of esters is 1. The largest absolute Gasteiger partial charge is 0.461 e. The summed E-state index contributed by atoms with van der Waals surface area (Å²) in [4.78, 5) is 23.7. The summed E-state index contributed by atoms with van der Waals surface area (Å²) in [6, 6.07) is 7.80. The number of rotatable bonds is 6. The lowest BCUT2D eigenvalue weighted by atomic mass is 10.1. The summed E-state index contributed by atoms with van der Waals surface area (Å²) in [5.74, 6) is -0.804. The number of benzene rings is 1. The molecule has 1 aromatic heterocycles. The van der Waals surface area contributed by atoms with E-state index in [0.717, 1.165) is 12.1 Å². The van der Waals surface area contributed by atoms with Crippen LogP contribution in [0.1, 0.15) is 27.2 Å². The van der Waals surface area contributed by atoms with Crippen molar-refractivity contribution in [1.29, 1.82) is 0 Å². The molecule has 4 nitrogen and oxygen atoms in total. The van der Waals surface area contributed by atoms with Gasteiger partial charge in [0, 0.05) is 6.54 Å². The van der Waals surface area contributed by atoms with Crippen molar-refractivity contribution in [2.45, 2.75) is 19.2 Å². The Morgan fingerprint density at radius 2 is 1.83 bits per heavy atom. The van der Waals surface area contributed by atoms with E-state index >= 15 is 0 Å². The van der Waals surface area contributed by atoms with E-state index in [2.05, 4.69) is 5.32 Å². The molecule has 0 radical (unpaired) electrons. The third kappa shape index (κ3) is 5.38. The smallest absolute Gasteiger partial charge is 0.416 e. The number of carbonyl (C=O) groups excluding carboxylic acids is 2. The first-order valence-electron chi connectivity index (χ1n) is 7.00. The van der Waals surface area contributed by atoms with E-state index in [0.29, 0.717) is 10.4 Å². The Labute approximate surface area is 140 Å². The molecule has 0 aliphatic rings. The number of thiophene rings is 1. The Bertz CT molecular complexity index is 682. The minimum absolute atomic E-state index is 0.0161. The first-order chi connectivity index (χ1) is 11.4. The predicted molar refractivity (Wildman–Crippen MR) is 82.5 cm³/mol. The second-order valence-electron chi connectivity index (χ2n) is 4.84. The SMILES string of the molecule is O=C(CCNC(=O)c1cccs1)OCc1ccc(C(F)(F)F)cc1. The Kier molecular flexibility index (Phi) is 5.97. The van der Waals surface area contributed by atoms with Gasteiger partial charge in [-0.05, 0) is 29.1 Å². The average molecular weight is 357 g/mol. The van der Waals surface area contributed by atoms with E-state index in [4.69, 9.17) is 4.74 Å². The zero-order valence-corrected chi connectivity index (χ0v) is 13.2. The van der Waals surface area contributed by atoms with Crippen molar-refractivity contribution in [1.82, 2.24) is 5.32 Å². The lowest BCUT2D eigenvalue weighted by Gasteiger charge is -2.08. The first kappa shape index (κ1) is 18.0. The minimum atomic E-state index is -4.39. The van der Waals surface area contributed by atoms with E-state index in [-0.39, 0.29) is 25.5 Å². The molecule has 128 valence electrons. The molecule has 0 unspecified atom stereocenters. The zero-order valence-electron chi connectivity index (χ0n) is 12.4. The van der Waals surface area contributed by atoms with Crippen LogP contribution in [-0.4, -0.2) is 18.4 Å². The summed E-state index contributed by atoms with van der Waals surface area (Å²) >= 11 is 1.29. The van der Waals surface area contributed by atoms with Crippen molar-refractivity contribution in [3.05, 3.63) is 57.8 Å². The highest BCUT2D eigenvalue weighted by molar-refractivity contribution is 7.12. The lowest BCUT2D eigenvalue weighted by molar-refractivity contribution is -0.145. The monoisotopic (exact) mass is 357 g/mol. The minimum Gasteiger partial charge on any atom is -0.461 e. The van der Waals surface area contributed by atoms with Gasteiger partial charge in [-0.15, -0.1) is 11.3 Å². The fourth-order valence-corrected chi connectivity index (χ4v) is 2.44. The molecule has 0 bridgehead atoms. The van der Waals surface area contributed by atoms with Gasteiger partial charge in [0.1, 0.15) is 6.61 Å². The number of hydrogen-bond donors (Lipinski definition) is 1. The van der Waals surface area contributed by atoms with Crippen LogP contribution in [0.5, 0.6) is 0 Å². The summed E-state index contributed by atoms with van der Waals surface area (Å²) in [5, 5.41) is 4.35. The molecule has 1 aromatic carbocycles. The number of carbonyl (C=O) groups is 2. The maximum absolute atomic E-state index is 12.4. The second-order valence-corrected chi connectivity index (χ2v) is 5.79. The fraction of sp³-hybridized carbons (Fsp3) is 0.250. The number of alkyl halides is 3. The van der Waals surface area contributed by atoms with Gasteiger partial charge in [0.05, 0.1) is 16.9 Å². The van der Waals surface area contributed by atoms with E-state index in [9.17, 15) is 22.8 Å². The van der Waals surface area contributed by atoms with E-state index in [1.165, 1.54) is 23.5 Å². The maximum atomic E-state index is 12.4. The highest BCUT2D eigenvalue weighted by Gasteiger charge is 2.29. The average Bonchev–Trinajstić information content (AvgIpc) is 3.07. The van der Waals surface area contributed by atoms with E-state index in [1.807, 2.05) is 0 Å². The molecule has 0 saturated carbocycles. The Morgan fingerprint density at radius 1 is 1.12 bits per heavy atom. The normalized spacial score (nSPS) is 11.1. The molecule has 0 atom stereocenters. The molecule has 1 amide bonds. The molecule has 0 aliphatic carbocycles. The fourth-order valence-electron chi connectivity index (χ4n) is 1.80. The van der Waals surface area contributed by atoms with E-state index < -0.39 is 17.7 Å². The third-order valence-corrected chi connectivity index (χ3v) is 3.91. The zero-order chi connectivity index (χ0) is 17.6. The third-order valence-electron chi connectivity index (χ3n) is 3.04. The molecular formula is C16H14F3NO3S. The summed E-state index contributed by atoms with van der Waals surface area (Å²) in [6.07, 6.45) is -4.41. The topological polar surface area (TPSA) is 55.4 Å². The standard InChI is InChI=1S/C16H14F3NO3S/c17-16(18,19)12-5-3-11(4-6-12)10-23-14(21)7-8-20-15(22)13-2-1-9-24-13/h1-6,9H,7-8,10H2,(H,20,22). The number of nitrogens with one attached hydrogen (secondary N) is 1. The molecule has 2 rings (SSSR count). The van der Waals surface area contributed by atoms with E-state index in [1.54, 1.807) is 17.5 Å². The predicted octanol–water partition coefficient (Wildman–Crippen LogP) is 3.63. The van der Waals surface area contributed by atoms with Crippen LogP contribution >= 0.6 is 11.3 Å². The van der Waals surface area contributed by atoms with Crippen molar-refractivity contribution in [2.24, 2.45) is 0 Å². The number of hydrogen-bond acceptors (Lipinski definition) is 4. The van der Waals surface area contributed by atoms with Gasteiger partial charge in [-0.3, -0.25) is 9.59 Å². The van der Waals surface area contributed by atoms with Crippen molar-refractivity contribution in [3.8, 4) is 0 Å². The summed E-state index contributed by atoms with van der Waals surface area (Å²) in [7, 11) is 0. The Balaban J connectivity index is 1.70. The van der Waals surface area contributed by atoms with Gasteiger partial charge in [0.15, 0.2) is 0 Å². The highest BCUT2D eigenvalue weighted by Crippen LogP contribution is 2.29. The quantitative estimate of drug-likeness (QED) is 0.803. The summed E-state index contributed by atoms with van der Waals surface area (Å²) in [5.41, 5.74) is -0.298. The van der Waals surface area contributed by atoms with Gasteiger partial charge in [-0.25, -0.2) is 0 Å². The number of ether oxygens (including phenoxy) is 1. The van der Waals surface area contributed by atoms with Crippen LogP contribution in [0.25, 0.3) is 0 Å². The van der Waals surface area contributed by atoms with Gasteiger partial charge >= 0.3 is 12.1 Å². The van der Waals surface area contributed by atoms with Crippen LogP contribution in [0.4, 0.5) is 13.2 Å². The van der Waals surface area contributed by atoms with Gasteiger partial charge < -0.3 is 10.1 Å². The number of halogens is 3. The van der Waals surface area contributed by atoms with Crippen LogP contribution < -0.4 is 5.32 Å². The molecule has 1 N–H and O–H groups in total. The van der Waals surface area contributed by atoms with Crippen molar-refractivity contribution in [3.63, 3.8) is 0 Å². The summed E-state index contributed by atoms with van der Waals surface area (Å²) < 4.78 is 42.2. The highest BCUT2D eigenvalue weighted by atomic mass is 32.1. The Hall–Kier alpha value is -2.35. The van der Waals surface area contributed by atoms with Crippen LogP contribution in [-0.2, 0) is 22.3 Å². The van der Waals surface area contributed by atoms with Crippen LogP contribution in [0.2, 0.25) is 0 Å². The Morgan fingerprint density at radius 3 is 2.42 bits per heavy atom. The van der Waals surface area contributed by atoms with Gasteiger partial charge in [-0.1, -0.05) is 18.2 Å². The molecular weight excluding hydrogens is 343 g/mol.